The Balaban J connectivity index is 1.84. The second kappa shape index (κ2) is 7.22. The molecule has 0 aromatic rings. The number of piperazine rings is 1. The molecule has 2 fully saturated rings. The largest absolute Gasteiger partial charge is 0.380 e. The quantitative estimate of drug-likeness (QED) is 0.798. The molecule has 1 aliphatic heterocycles. The maximum absolute atomic E-state index is 12.3. The van der Waals surface area contributed by atoms with Gasteiger partial charge in [0, 0.05) is 39.3 Å². The van der Waals surface area contributed by atoms with E-state index in [0.717, 1.165) is 39.0 Å². The number of hydrogen-bond acceptors (Lipinski definition) is 4. The van der Waals surface area contributed by atoms with Gasteiger partial charge in [-0.25, -0.2) is 0 Å². The summed E-state index contributed by atoms with van der Waals surface area (Å²) in [7, 11) is 3.84. The minimum Gasteiger partial charge on any atom is -0.380 e. The number of carbonyl (C=O) groups excluding carboxylic acids is 1. The number of carbonyl (C=O) groups is 1. The highest BCUT2D eigenvalue weighted by molar-refractivity contribution is 5.78. The van der Waals surface area contributed by atoms with Crippen LogP contribution in [-0.2, 0) is 9.53 Å². The highest BCUT2D eigenvalue weighted by Gasteiger charge is 2.30. The van der Waals surface area contributed by atoms with Crippen molar-refractivity contribution in [2.24, 2.45) is 0 Å². The van der Waals surface area contributed by atoms with Crippen LogP contribution in [-0.4, -0.2) is 74.7 Å². The van der Waals surface area contributed by atoms with Gasteiger partial charge in [0.1, 0.15) is 0 Å². The Labute approximate surface area is 116 Å². The van der Waals surface area contributed by atoms with Gasteiger partial charge in [0.2, 0.25) is 5.91 Å². The lowest BCUT2D eigenvalue weighted by atomic mass is 9.91. The Morgan fingerprint density at radius 3 is 2.68 bits per heavy atom. The summed E-state index contributed by atoms with van der Waals surface area (Å²) in [4.78, 5) is 16.4. The van der Waals surface area contributed by atoms with Crippen LogP contribution in [0.2, 0.25) is 0 Å². The van der Waals surface area contributed by atoms with Gasteiger partial charge in [-0.15, -0.1) is 0 Å². The zero-order valence-corrected chi connectivity index (χ0v) is 12.2. The van der Waals surface area contributed by atoms with E-state index in [9.17, 15) is 4.79 Å². The SMILES string of the molecule is COC1CCCCC1N(C)CC(=O)N1CCNCC1. The molecule has 0 aromatic carbocycles. The van der Waals surface area contributed by atoms with E-state index in [4.69, 9.17) is 4.74 Å². The summed E-state index contributed by atoms with van der Waals surface area (Å²) < 4.78 is 5.58. The highest BCUT2D eigenvalue weighted by atomic mass is 16.5. The molecular formula is C14H27N3O2. The lowest BCUT2D eigenvalue weighted by Crippen LogP contribution is -2.52. The maximum atomic E-state index is 12.3. The van der Waals surface area contributed by atoms with Crippen molar-refractivity contribution in [2.75, 3.05) is 46.9 Å². The lowest BCUT2D eigenvalue weighted by Gasteiger charge is -2.38. The molecule has 0 radical (unpaired) electrons. The molecule has 0 spiro atoms. The molecule has 1 N–H and O–H groups in total. The van der Waals surface area contributed by atoms with E-state index < -0.39 is 0 Å². The number of nitrogens with one attached hydrogen (secondary N) is 1. The highest BCUT2D eigenvalue weighted by Crippen LogP contribution is 2.24. The van der Waals surface area contributed by atoms with E-state index in [1.54, 1.807) is 7.11 Å². The summed E-state index contributed by atoms with van der Waals surface area (Å²) >= 11 is 0. The molecule has 5 heteroatoms. The predicted molar refractivity (Wildman–Crippen MR) is 75.1 cm³/mol. The van der Waals surface area contributed by atoms with Gasteiger partial charge in [0.15, 0.2) is 0 Å². The molecule has 19 heavy (non-hydrogen) atoms. The molecule has 2 unspecified atom stereocenters. The summed E-state index contributed by atoms with van der Waals surface area (Å²) in [6, 6.07) is 0.394. The first-order valence-electron chi connectivity index (χ1n) is 7.44. The minimum absolute atomic E-state index is 0.254. The van der Waals surface area contributed by atoms with Crippen LogP contribution in [0.15, 0.2) is 0 Å². The second-order valence-electron chi connectivity index (χ2n) is 5.67. The van der Waals surface area contributed by atoms with Crippen LogP contribution in [0.3, 0.4) is 0 Å². The average molecular weight is 269 g/mol. The number of nitrogens with zero attached hydrogens (tertiary/aromatic N) is 2. The third-order valence-corrected chi connectivity index (χ3v) is 4.39. The fraction of sp³-hybridized carbons (Fsp3) is 0.929. The molecule has 1 saturated carbocycles. The first-order valence-corrected chi connectivity index (χ1v) is 7.44. The average Bonchev–Trinajstić information content (AvgIpc) is 2.48. The van der Waals surface area contributed by atoms with Crippen LogP contribution < -0.4 is 5.32 Å². The molecule has 2 aliphatic rings. The van der Waals surface area contributed by atoms with Crippen molar-refractivity contribution in [3.05, 3.63) is 0 Å². The van der Waals surface area contributed by atoms with Crippen molar-refractivity contribution in [2.45, 2.75) is 37.8 Å². The van der Waals surface area contributed by atoms with Crippen LogP contribution in [0.5, 0.6) is 0 Å². The topological polar surface area (TPSA) is 44.8 Å². The molecular weight excluding hydrogens is 242 g/mol. The summed E-state index contributed by atoms with van der Waals surface area (Å²) in [5.74, 6) is 0.254. The van der Waals surface area contributed by atoms with Crippen LogP contribution in [0, 0.1) is 0 Å². The van der Waals surface area contributed by atoms with E-state index in [2.05, 4.69) is 17.3 Å². The number of rotatable bonds is 4. The Hall–Kier alpha value is -0.650. The molecule has 0 aromatic heterocycles. The number of amides is 1. The molecule has 0 bridgehead atoms. The van der Waals surface area contributed by atoms with Gasteiger partial charge in [0.05, 0.1) is 12.6 Å². The van der Waals surface area contributed by atoms with E-state index in [1.165, 1.54) is 12.8 Å². The van der Waals surface area contributed by atoms with Crippen molar-refractivity contribution in [1.29, 1.82) is 0 Å². The summed E-state index contributed by atoms with van der Waals surface area (Å²) in [6.07, 6.45) is 5.04. The molecule has 1 heterocycles. The fourth-order valence-corrected chi connectivity index (χ4v) is 3.20. The lowest BCUT2D eigenvalue weighted by molar-refractivity contribution is -0.134. The minimum atomic E-state index is 0.254. The van der Waals surface area contributed by atoms with Crippen LogP contribution in [0.25, 0.3) is 0 Å². The zero-order valence-electron chi connectivity index (χ0n) is 12.2. The number of likely N-dealkylation sites (N-methyl/N-ethyl adjacent to an activating group) is 1. The van der Waals surface area contributed by atoms with Crippen molar-refractivity contribution in [3.8, 4) is 0 Å². The van der Waals surface area contributed by atoms with E-state index in [0.29, 0.717) is 12.6 Å². The van der Waals surface area contributed by atoms with Crippen molar-refractivity contribution in [3.63, 3.8) is 0 Å². The first-order chi connectivity index (χ1) is 9.22. The summed E-state index contributed by atoms with van der Waals surface area (Å²) in [5.41, 5.74) is 0. The Morgan fingerprint density at radius 1 is 1.32 bits per heavy atom. The molecule has 1 saturated heterocycles. The number of hydrogen-bond donors (Lipinski definition) is 1. The molecule has 1 aliphatic carbocycles. The Kier molecular flexibility index (Phi) is 5.60. The third kappa shape index (κ3) is 3.91. The number of methoxy groups -OCH3 is 1. The maximum Gasteiger partial charge on any atom is 0.236 e. The molecule has 110 valence electrons. The van der Waals surface area contributed by atoms with Gasteiger partial charge < -0.3 is 15.0 Å². The Bertz CT molecular complexity index is 292. The summed E-state index contributed by atoms with van der Waals surface area (Å²) in [6.45, 7) is 4.03. The third-order valence-electron chi connectivity index (χ3n) is 4.39. The standard InChI is InChI=1S/C14H27N3O2/c1-16(12-5-3-4-6-13(12)19-2)11-14(18)17-9-7-15-8-10-17/h12-13,15H,3-11H2,1-2H3. The van der Waals surface area contributed by atoms with Gasteiger partial charge >= 0.3 is 0 Å². The van der Waals surface area contributed by atoms with Gasteiger partial charge in [-0.05, 0) is 19.9 Å². The van der Waals surface area contributed by atoms with Gasteiger partial charge in [-0.3, -0.25) is 9.69 Å². The van der Waals surface area contributed by atoms with Crippen LogP contribution in [0.1, 0.15) is 25.7 Å². The molecule has 2 atom stereocenters. The van der Waals surface area contributed by atoms with Crippen molar-refractivity contribution < 1.29 is 9.53 Å². The van der Waals surface area contributed by atoms with Crippen molar-refractivity contribution >= 4 is 5.91 Å². The smallest absolute Gasteiger partial charge is 0.236 e. The second-order valence-corrected chi connectivity index (χ2v) is 5.67. The zero-order chi connectivity index (χ0) is 13.7. The van der Waals surface area contributed by atoms with E-state index in [1.807, 2.05) is 4.90 Å². The normalized spacial score (nSPS) is 28.7. The van der Waals surface area contributed by atoms with Gasteiger partial charge in [-0.2, -0.15) is 0 Å². The van der Waals surface area contributed by atoms with E-state index in [-0.39, 0.29) is 12.0 Å². The molecule has 2 rings (SSSR count). The fourth-order valence-electron chi connectivity index (χ4n) is 3.20. The van der Waals surface area contributed by atoms with Gasteiger partial charge in [-0.1, -0.05) is 12.8 Å². The van der Waals surface area contributed by atoms with Crippen molar-refractivity contribution in [1.82, 2.24) is 15.1 Å². The van der Waals surface area contributed by atoms with Crippen LogP contribution in [0.4, 0.5) is 0 Å². The predicted octanol–water partition coefficient (Wildman–Crippen LogP) is 0.308. The molecule has 1 amide bonds. The monoisotopic (exact) mass is 269 g/mol. The van der Waals surface area contributed by atoms with E-state index >= 15 is 0 Å². The Morgan fingerprint density at radius 2 is 2.00 bits per heavy atom. The number of ether oxygens (including phenoxy) is 1. The van der Waals surface area contributed by atoms with Crippen LogP contribution >= 0.6 is 0 Å². The summed E-state index contributed by atoms with van der Waals surface area (Å²) in [5, 5.41) is 3.27. The van der Waals surface area contributed by atoms with Gasteiger partial charge in [0.25, 0.3) is 0 Å². The molecule has 5 nitrogen and oxygen atoms in total. The first kappa shape index (κ1) is 14.8.